The second kappa shape index (κ2) is 12.3. The zero-order chi connectivity index (χ0) is 27.2. The van der Waals surface area contributed by atoms with Crippen molar-refractivity contribution >= 4 is 47.3 Å². The Morgan fingerprint density at radius 1 is 1.24 bits per heavy atom. The maximum absolute atomic E-state index is 12.9. The zero-order valence-electron chi connectivity index (χ0n) is 20.0. The lowest BCUT2D eigenvalue weighted by Gasteiger charge is -2.49. The summed E-state index contributed by atoms with van der Waals surface area (Å²) in [5.41, 5.74) is 5.85. The number of nitrogens with two attached hydrogens (primary N) is 1. The van der Waals surface area contributed by atoms with Crippen molar-refractivity contribution in [1.29, 1.82) is 0 Å². The molecular formula is C22H26N8O6S2. The molecule has 1 aromatic carbocycles. The highest BCUT2D eigenvalue weighted by molar-refractivity contribution is 8.01. The normalized spacial score (nSPS) is 19.4. The molecule has 0 saturated carbocycles. The Kier molecular flexibility index (Phi) is 8.85. The van der Waals surface area contributed by atoms with Gasteiger partial charge in [-0.05, 0) is 34.4 Å². The van der Waals surface area contributed by atoms with Gasteiger partial charge in [0.25, 0.3) is 11.8 Å². The van der Waals surface area contributed by atoms with Crippen molar-refractivity contribution in [3.05, 3.63) is 47.2 Å². The van der Waals surface area contributed by atoms with E-state index in [1.807, 2.05) is 0 Å². The molecule has 3 heterocycles. The van der Waals surface area contributed by atoms with Crippen LogP contribution >= 0.6 is 23.5 Å². The molecule has 4 rings (SSSR count). The largest absolute Gasteiger partial charge is 0.477 e. The van der Waals surface area contributed by atoms with Crippen LogP contribution in [0.15, 0.2) is 46.8 Å². The maximum Gasteiger partial charge on any atom is 0.352 e. The van der Waals surface area contributed by atoms with Crippen molar-refractivity contribution in [2.75, 3.05) is 18.1 Å². The predicted octanol–water partition coefficient (Wildman–Crippen LogP) is -0.314. The summed E-state index contributed by atoms with van der Waals surface area (Å²) in [7, 11) is 0. The number of primary amides is 1. The summed E-state index contributed by atoms with van der Waals surface area (Å²) < 4.78 is 1.59. The molecule has 0 aliphatic carbocycles. The van der Waals surface area contributed by atoms with Gasteiger partial charge in [0, 0.05) is 24.6 Å². The third-order valence-corrected chi connectivity index (χ3v) is 8.26. The van der Waals surface area contributed by atoms with Gasteiger partial charge >= 0.3 is 12.0 Å². The van der Waals surface area contributed by atoms with E-state index in [0.29, 0.717) is 48.0 Å². The van der Waals surface area contributed by atoms with Gasteiger partial charge < -0.3 is 26.6 Å². The number of urea groups is 1. The van der Waals surface area contributed by atoms with Gasteiger partial charge in [-0.2, -0.15) is 0 Å². The fraction of sp³-hybridized carbons (Fsp3) is 0.409. The maximum atomic E-state index is 12.9. The molecule has 4 amide bonds. The van der Waals surface area contributed by atoms with Crippen molar-refractivity contribution in [2.45, 2.75) is 42.1 Å². The quantitative estimate of drug-likeness (QED) is 0.129. The minimum Gasteiger partial charge on any atom is -0.477 e. The lowest BCUT2D eigenvalue weighted by atomic mass is 10.0. The highest BCUT2D eigenvalue weighted by Gasteiger charge is 2.54. The molecule has 14 nitrogen and oxygen atoms in total. The second-order valence-corrected chi connectivity index (χ2v) is 10.5. The minimum atomic E-state index is -1.45. The van der Waals surface area contributed by atoms with Gasteiger partial charge in [0.1, 0.15) is 17.1 Å². The summed E-state index contributed by atoms with van der Waals surface area (Å²) >= 11 is 2.59. The molecule has 1 saturated heterocycles. The van der Waals surface area contributed by atoms with Crippen molar-refractivity contribution in [1.82, 2.24) is 35.7 Å². The number of carbonyl (C=O) groups excluding carboxylic acids is 3. The molecule has 2 aliphatic heterocycles. The molecule has 1 aromatic heterocycles. The predicted molar refractivity (Wildman–Crippen MR) is 136 cm³/mol. The standard InChI is InChI=1S/C22H26N8O6S2/c23-21(36)24-8-4-5-9-29-22(26-27-28-29)38-11-13-10-37-19-14(18(33)30(19)15(13)20(34)35)25-17(32)16(31)12-6-2-1-3-7-12/h1-3,6-7,14,16,19,31H,4-5,8-11H2,(H,25,32)(H,34,35)(H3,23,24,36)/t14?,16-,19-/m1/s1. The second-order valence-electron chi connectivity index (χ2n) is 8.44. The molecule has 38 heavy (non-hydrogen) atoms. The number of amides is 4. The average Bonchev–Trinajstić information content (AvgIpc) is 3.36. The highest BCUT2D eigenvalue weighted by Crippen LogP contribution is 2.41. The molecule has 2 aliphatic rings. The van der Waals surface area contributed by atoms with Crippen LogP contribution in [0.3, 0.4) is 0 Å². The van der Waals surface area contributed by atoms with Crippen LogP contribution in [0.5, 0.6) is 0 Å². The first-order valence-corrected chi connectivity index (χ1v) is 13.7. The van der Waals surface area contributed by atoms with Crippen LogP contribution in [0, 0.1) is 0 Å². The summed E-state index contributed by atoms with van der Waals surface area (Å²) in [4.78, 5) is 49.5. The molecule has 2 aromatic rings. The van der Waals surface area contributed by atoms with E-state index in [1.54, 1.807) is 35.0 Å². The average molecular weight is 563 g/mol. The molecule has 1 fully saturated rings. The van der Waals surface area contributed by atoms with E-state index in [9.17, 15) is 29.4 Å². The molecule has 1 unspecified atom stereocenters. The van der Waals surface area contributed by atoms with Crippen molar-refractivity contribution in [3.8, 4) is 0 Å². The third kappa shape index (κ3) is 6.08. The number of tetrazole rings is 1. The molecule has 16 heteroatoms. The number of carboxylic acids is 1. The number of thioether (sulfide) groups is 2. The van der Waals surface area contributed by atoms with Gasteiger partial charge in [-0.1, -0.05) is 42.1 Å². The Bertz CT molecular complexity index is 1240. The lowest BCUT2D eigenvalue weighted by molar-refractivity contribution is -0.151. The molecule has 0 bridgehead atoms. The number of aliphatic hydroxyl groups excluding tert-OH is 1. The summed E-state index contributed by atoms with van der Waals surface area (Å²) in [6.07, 6.45) is -0.0805. The number of hydrogen-bond donors (Lipinski definition) is 5. The Morgan fingerprint density at radius 2 is 2.00 bits per heavy atom. The first-order valence-electron chi connectivity index (χ1n) is 11.6. The number of aliphatic carboxylic acids is 1. The fourth-order valence-corrected chi connectivity index (χ4v) is 6.39. The molecular weight excluding hydrogens is 536 g/mol. The number of fused-ring (bicyclic) bond motifs is 1. The van der Waals surface area contributed by atoms with Crippen LogP contribution in [-0.2, 0) is 20.9 Å². The zero-order valence-corrected chi connectivity index (χ0v) is 21.7. The SMILES string of the molecule is NC(=O)NCCCCn1nnnc1SCC1=C(C(=O)O)N2C(=O)C(NC(=O)[C@H](O)c3ccccc3)[C@H]2SC1. The number of aromatic nitrogens is 4. The number of rotatable bonds is 12. The van der Waals surface area contributed by atoms with E-state index >= 15 is 0 Å². The Labute approximate surface area is 225 Å². The number of nitrogens with one attached hydrogen (secondary N) is 2. The molecule has 0 radical (unpaired) electrons. The van der Waals surface area contributed by atoms with E-state index in [-0.39, 0.29) is 11.4 Å². The first kappa shape index (κ1) is 27.4. The molecule has 3 atom stereocenters. The number of carboxylic acid groups (broad SMARTS) is 1. The van der Waals surface area contributed by atoms with E-state index in [0.717, 1.165) is 0 Å². The van der Waals surface area contributed by atoms with Crippen LogP contribution in [0.4, 0.5) is 4.79 Å². The van der Waals surface area contributed by atoms with Gasteiger partial charge in [0.05, 0.1) is 0 Å². The molecule has 202 valence electrons. The lowest BCUT2D eigenvalue weighted by Crippen LogP contribution is -2.70. The number of unbranched alkanes of at least 4 members (excludes halogenated alkanes) is 1. The summed E-state index contributed by atoms with van der Waals surface area (Å²) in [5, 5.41) is 36.8. The number of benzene rings is 1. The third-order valence-electron chi connectivity index (χ3n) is 5.88. The summed E-state index contributed by atoms with van der Waals surface area (Å²) in [5.74, 6) is -1.94. The highest BCUT2D eigenvalue weighted by atomic mass is 32.2. The van der Waals surface area contributed by atoms with Crippen LogP contribution in [0.1, 0.15) is 24.5 Å². The monoisotopic (exact) mass is 562 g/mol. The number of nitrogens with zero attached hydrogens (tertiary/aromatic N) is 5. The van der Waals surface area contributed by atoms with Gasteiger partial charge in [-0.3, -0.25) is 14.5 Å². The van der Waals surface area contributed by atoms with Crippen molar-refractivity contribution in [2.24, 2.45) is 5.73 Å². The fourth-order valence-electron chi connectivity index (χ4n) is 4.00. The van der Waals surface area contributed by atoms with Gasteiger partial charge in [-0.15, -0.1) is 16.9 Å². The van der Waals surface area contributed by atoms with Crippen molar-refractivity contribution < 1.29 is 29.4 Å². The Balaban J connectivity index is 1.36. The van der Waals surface area contributed by atoms with Gasteiger partial charge in [0.2, 0.25) is 5.16 Å². The van der Waals surface area contributed by atoms with Crippen LogP contribution in [0.25, 0.3) is 0 Å². The Hall–Kier alpha value is -3.63. The van der Waals surface area contributed by atoms with Crippen LogP contribution in [0.2, 0.25) is 0 Å². The van der Waals surface area contributed by atoms with E-state index < -0.39 is 41.3 Å². The number of aliphatic hydroxyl groups is 1. The minimum absolute atomic E-state index is 0.114. The van der Waals surface area contributed by atoms with Crippen molar-refractivity contribution in [3.63, 3.8) is 0 Å². The number of β-lactam (4-membered cyclic amide) rings is 1. The van der Waals surface area contributed by atoms with E-state index in [2.05, 4.69) is 26.2 Å². The van der Waals surface area contributed by atoms with Crippen LogP contribution in [-0.4, -0.2) is 88.6 Å². The number of aryl methyl sites for hydroxylation is 1. The van der Waals surface area contributed by atoms with Gasteiger partial charge in [0.15, 0.2) is 6.10 Å². The smallest absolute Gasteiger partial charge is 0.352 e. The summed E-state index contributed by atoms with van der Waals surface area (Å²) in [6.45, 7) is 0.933. The molecule has 0 spiro atoms. The number of hydrogen-bond acceptors (Lipinski definition) is 10. The van der Waals surface area contributed by atoms with E-state index in [1.165, 1.54) is 28.4 Å². The topological polar surface area (TPSA) is 206 Å². The number of carbonyl (C=O) groups is 4. The van der Waals surface area contributed by atoms with E-state index in [4.69, 9.17) is 5.73 Å². The first-order chi connectivity index (χ1) is 18.3. The Morgan fingerprint density at radius 3 is 2.71 bits per heavy atom. The van der Waals surface area contributed by atoms with Gasteiger partial charge in [-0.25, -0.2) is 14.3 Å². The summed E-state index contributed by atoms with van der Waals surface area (Å²) in [6, 6.07) is 6.80. The molecule has 6 N–H and O–H groups in total. The van der Waals surface area contributed by atoms with Crippen LogP contribution < -0.4 is 16.4 Å².